The zero-order valence-corrected chi connectivity index (χ0v) is 12.6. The number of nitrogens with zero attached hydrogens (tertiary/aromatic N) is 3. The van der Waals surface area contributed by atoms with Gasteiger partial charge in [-0.2, -0.15) is 0 Å². The van der Waals surface area contributed by atoms with Gasteiger partial charge in [0.15, 0.2) is 5.76 Å². The van der Waals surface area contributed by atoms with Crippen molar-refractivity contribution in [3.63, 3.8) is 0 Å². The van der Waals surface area contributed by atoms with Gasteiger partial charge in [0.05, 0.1) is 6.26 Å². The number of rotatable bonds is 3. The molecule has 21 heavy (non-hydrogen) atoms. The van der Waals surface area contributed by atoms with E-state index in [1.807, 2.05) is 18.0 Å². The van der Waals surface area contributed by atoms with Crippen molar-refractivity contribution in [1.82, 2.24) is 14.5 Å². The number of piperidine rings is 1. The molecule has 5 heteroatoms. The third-order valence-electron chi connectivity index (χ3n) is 4.23. The Balaban J connectivity index is 1.67. The molecule has 3 heterocycles. The molecule has 1 fully saturated rings. The number of aromatic nitrogens is 2. The Morgan fingerprint density at radius 2 is 2.33 bits per heavy atom. The molecule has 3 rings (SSSR count). The van der Waals surface area contributed by atoms with Gasteiger partial charge in [-0.05, 0) is 44.7 Å². The molecule has 0 spiro atoms. The van der Waals surface area contributed by atoms with Crippen LogP contribution in [-0.2, 0) is 6.54 Å². The number of hydrogen-bond donors (Lipinski definition) is 0. The number of imidazole rings is 1. The predicted octanol–water partition coefficient (Wildman–Crippen LogP) is 2.65. The lowest BCUT2D eigenvalue weighted by Gasteiger charge is -2.32. The third kappa shape index (κ3) is 2.86. The van der Waals surface area contributed by atoms with E-state index in [2.05, 4.69) is 16.5 Å². The van der Waals surface area contributed by atoms with Crippen molar-refractivity contribution in [2.75, 3.05) is 13.1 Å². The van der Waals surface area contributed by atoms with E-state index < -0.39 is 0 Å². The van der Waals surface area contributed by atoms with Crippen LogP contribution >= 0.6 is 0 Å². The van der Waals surface area contributed by atoms with Crippen LogP contribution in [0.1, 0.15) is 34.9 Å². The monoisotopic (exact) mass is 287 g/mol. The first-order valence-corrected chi connectivity index (χ1v) is 7.46. The summed E-state index contributed by atoms with van der Waals surface area (Å²) in [5.41, 5.74) is 1.18. The number of carbonyl (C=O) groups is 1. The van der Waals surface area contributed by atoms with Crippen molar-refractivity contribution >= 4 is 5.91 Å². The smallest absolute Gasteiger partial charge is 0.289 e. The van der Waals surface area contributed by atoms with Gasteiger partial charge in [-0.25, -0.2) is 4.98 Å². The highest BCUT2D eigenvalue weighted by Gasteiger charge is 2.26. The number of amides is 1. The second kappa shape index (κ2) is 5.76. The second-order valence-electron chi connectivity index (χ2n) is 5.79. The highest BCUT2D eigenvalue weighted by molar-refractivity contribution is 5.91. The SMILES string of the molecule is Cc1cnc(C)n1CC1CCCN(C(=O)c2ccco2)C1. The Morgan fingerprint density at radius 1 is 1.48 bits per heavy atom. The van der Waals surface area contributed by atoms with Crippen LogP contribution < -0.4 is 0 Å². The summed E-state index contributed by atoms with van der Waals surface area (Å²) in [4.78, 5) is 18.6. The summed E-state index contributed by atoms with van der Waals surface area (Å²) in [5, 5.41) is 0. The topological polar surface area (TPSA) is 51.3 Å². The van der Waals surface area contributed by atoms with E-state index in [-0.39, 0.29) is 5.91 Å². The molecule has 0 aliphatic carbocycles. The minimum absolute atomic E-state index is 0.00350. The van der Waals surface area contributed by atoms with Gasteiger partial charge in [-0.1, -0.05) is 0 Å². The number of aryl methyl sites for hydroxylation is 2. The third-order valence-corrected chi connectivity index (χ3v) is 4.23. The molecular weight excluding hydrogens is 266 g/mol. The van der Waals surface area contributed by atoms with E-state index in [1.54, 1.807) is 18.4 Å². The minimum Gasteiger partial charge on any atom is -0.459 e. The second-order valence-corrected chi connectivity index (χ2v) is 5.79. The standard InChI is InChI=1S/C16H21N3O2/c1-12-9-17-13(2)19(12)11-14-5-3-7-18(10-14)16(20)15-6-4-8-21-15/h4,6,8-9,14H,3,5,7,10-11H2,1-2H3. The molecule has 2 aromatic rings. The van der Waals surface area contributed by atoms with Crippen molar-refractivity contribution < 1.29 is 9.21 Å². The molecule has 1 amide bonds. The number of carbonyl (C=O) groups excluding carboxylic acids is 1. The van der Waals surface area contributed by atoms with E-state index in [0.717, 1.165) is 38.3 Å². The molecule has 0 N–H and O–H groups in total. The zero-order valence-electron chi connectivity index (χ0n) is 12.6. The van der Waals surface area contributed by atoms with Gasteiger partial charge in [-0.3, -0.25) is 4.79 Å². The Bertz CT molecular complexity index is 596. The van der Waals surface area contributed by atoms with E-state index >= 15 is 0 Å². The Hall–Kier alpha value is -2.04. The molecule has 112 valence electrons. The molecule has 1 saturated heterocycles. The number of furan rings is 1. The van der Waals surface area contributed by atoms with Gasteiger partial charge in [0.25, 0.3) is 5.91 Å². The van der Waals surface area contributed by atoms with E-state index in [0.29, 0.717) is 11.7 Å². The van der Waals surface area contributed by atoms with E-state index in [9.17, 15) is 4.79 Å². The summed E-state index contributed by atoms with van der Waals surface area (Å²) in [5.74, 6) is 1.96. The first kappa shape index (κ1) is 13.9. The number of hydrogen-bond acceptors (Lipinski definition) is 3. The Morgan fingerprint density at radius 3 is 3.00 bits per heavy atom. The van der Waals surface area contributed by atoms with Crippen LogP contribution in [0.15, 0.2) is 29.0 Å². The predicted molar refractivity (Wildman–Crippen MR) is 79.0 cm³/mol. The van der Waals surface area contributed by atoms with Crippen molar-refractivity contribution in [1.29, 1.82) is 0 Å². The number of likely N-dealkylation sites (tertiary alicyclic amines) is 1. The van der Waals surface area contributed by atoms with Crippen LogP contribution in [0.3, 0.4) is 0 Å². The van der Waals surface area contributed by atoms with Gasteiger partial charge in [-0.15, -0.1) is 0 Å². The van der Waals surface area contributed by atoms with Crippen LogP contribution in [0.4, 0.5) is 0 Å². The average Bonchev–Trinajstić information content (AvgIpc) is 3.12. The maximum atomic E-state index is 12.4. The molecule has 0 aromatic carbocycles. The summed E-state index contributed by atoms with van der Waals surface area (Å²) in [6.45, 7) is 6.64. The van der Waals surface area contributed by atoms with Crippen molar-refractivity contribution in [2.24, 2.45) is 5.92 Å². The summed E-state index contributed by atoms with van der Waals surface area (Å²) in [6, 6.07) is 3.49. The van der Waals surface area contributed by atoms with Gasteiger partial charge in [0.1, 0.15) is 5.82 Å². The highest BCUT2D eigenvalue weighted by Crippen LogP contribution is 2.21. The van der Waals surface area contributed by atoms with Gasteiger partial charge in [0.2, 0.25) is 0 Å². The average molecular weight is 287 g/mol. The summed E-state index contributed by atoms with van der Waals surface area (Å²) in [6.07, 6.45) is 5.65. The Labute approximate surface area is 124 Å². The lowest BCUT2D eigenvalue weighted by molar-refractivity contribution is 0.0630. The molecular formula is C16H21N3O2. The largest absolute Gasteiger partial charge is 0.459 e. The highest BCUT2D eigenvalue weighted by atomic mass is 16.3. The molecule has 0 saturated carbocycles. The van der Waals surface area contributed by atoms with Gasteiger partial charge >= 0.3 is 0 Å². The molecule has 1 aliphatic rings. The summed E-state index contributed by atoms with van der Waals surface area (Å²) < 4.78 is 7.46. The molecule has 1 unspecified atom stereocenters. The molecule has 2 aromatic heterocycles. The molecule has 1 aliphatic heterocycles. The van der Waals surface area contributed by atoms with Gasteiger partial charge < -0.3 is 13.9 Å². The maximum absolute atomic E-state index is 12.4. The quantitative estimate of drug-likeness (QED) is 0.872. The fourth-order valence-electron chi connectivity index (χ4n) is 3.07. The van der Waals surface area contributed by atoms with Crippen LogP contribution in [0.5, 0.6) is 0 Å². The first-order valence-electron chi connectivity index (χ1n) is 7.46. The maximum Gasteiger partial charge on any atom is 0.289 e. The Kier molecular flexibility index (Phi) is 3.82. The van der Waals surface area contributed by atoms with Crippen molar-refractivity contribution in [3.05, 3.63) is 41.9 Å². The van der Waals surface area contributed by atoms with Gasteiger partial charge in [0, 0.05) is 31.5 Å². The van der Waals surface area contributed by atoms with Crippen LogP contribution in [0.2, 0.25) is 0 Å². The molecule has 5 nitrogen and oxygen atoms in total. The normalized spacial score (nSPS) is 19.0. The molecule has 0 bridgehead atoms. The minimum atomic E-state index is 0.00350. The lowest BCUT2D eigenvalue weighted by Crippen LogP contribution is -2.41. The molecule has 1 atom stereocenters. The van der Waals surface area contributed by atoms with Crippen LogP contribution in [0, 0.1) is 19.8 Å². The van der Waals surface area contributed by atoms with Crippen LogP contribution in [-0.4, -0.2) is 33.4 Å². The van der Waals surface area contributed by atoms with Crippen molar-refractivity contribution in [2.45, 2.75) is 33.2 Å². The van der Waals surface area contributed by atoms with Crippen LogP contribution in [0.25, 0.3) is 0 Å². The molecule has 0 radical (unpaired) electrons. The van der Waals surface area contributed by atoms with Crippen molar-refractivity contribution in [3.8, 4) is 0 Å². The summed E-state index contributed by atoms with van der Waals surface area (Å²) >= 11 is 0. The zero-order chi connectivity index (χ0) is 14.8. The summed E-state index contributed by atoms with van der Waals surface area (Å²) in [7, 11) is 0. The van der Waals surface area contributed by atoms with E-state index in [1.165, 1.54) is 5.69 Å². The fourth-order valence-corrected chi connectivity index (χ4v) is 3.07. The fraction of sp³-hybridized carbons (Fsp3) is 0.500. The first-order chi connectivity index (χ1) is 10.1. The lowest BCUT2D eigenvalue weighted by atomic mass is 9.97. The van der Waals surface area contributed by atoms with E-state index in [4.69, 9.17) is 4.42 Å².